The number of ether oxygens (including phenoxy) is 1. The molecular weight excluding hydrogens is 308 g/mol. The normalized spacial score (nSPS) is 17.3. The lowest BCUT2D eigenvalue weighted by Crippen LogP contribution is -2.56. The van der Waals surface area contributed by atoms with Crippen molar-refractivity contribution in [3.8, 4) is 0 Å². The van der Waals surface area contributed by atoms with Crippen LogP contribution in [0.15, 0.2) is 17.1 Å². The number of hydrogen-bond acceptors (Lipinski definition) is 4. The third-order valence-corrected chi connectivity index (χ3v) is 5.07. The van der Waals surface area contributed by atoms with E-state index >= 15 is 0 Å². The lowest BCUT2D eigenvalue weighted by molar-refractivity contribution is -0.00834. The van der Waals surface area contributed by atoms with Gasteiger partial charge in [0.1, 0.15) is 0 Å². The first-order chi connectivity index (χ1) is 11.0. The third-order valence-electron chi connectivity index (χ3n) is 4.09. The number of morpholine rings is 1. The summed E-state index contributed by atoms with van der Waals surface area (Å²) < 4.78 is 5.45. The van der Waals surface area contributed by atoms with Gasteiger partial charge in [0.25, 0.3) is 0 Å². The van der Waals surface area contributed by atoms with Crippen molar-refractivity contribution in [1.82, 2.24) is 15.5 Å². The zero-order chi connectivity index (χ0) is 16.7. The first-order valence-electron chi connectivity index (χ1n) is 8.41. The van der Waals surface area contributed by atoms with E-state index in [2.05, 4.69) is 55.4 Å². The van der Waals surface area contributed by atoms with Gasteiger partial charge >= 0.3 is 0 Å². The Labute approximate surface area is 144 Å². The number of aryl methyl sites for hydroxylation is 1. The van der Waals surface area contributed by atoms with Crippen LogP contribution in [0.5, 0.6) is 0 Å². The van der Waals surface area contributed by atoms with Gasteiger partial charge in [-0.25, -0.2) is 4.99 Å². The van der Waals surface area contributed by atoms with Crippen molar-refractivity contribution in [2.75, 3.05) is 39.4 Å². The predicted molar refractivity (Wildman–Crippen MR) is 98.3 cm³/mol. The zero-order valence-electron chi connectivity index (χ0n) is 14.8. The number of nitrogens with one attached hydrogen (secondary N) is 2. The molecular formula is C17H30N4OS. The summed E-state index contributed by atoms with van der Waals surface area (Å²) in [6, 6.07) is 4.31. The standard InChI is InChI=1S/C17H30N4OS/c1-5-18-16(19-12-15-7-6-14(2)23-15)20-13-17(3,4)21-8-10-22-11-9-21/h6-7H,5,8-13H2,1-4H3,(H2,18,19,20). The predicted octanol–water partition coefficient (Wildman–Crippen LogP) is 2.22. The van der Waals surface area contributed by atoms with Crippen LogP contribution in [-0.4, -0.2) is 55.8 Å². The smallest absolute Gasteiger partial charge is 0.191 e. The second kappa shape index (κ2) is 8.66. The molecule has 0 amide bonds. The van der Waals surface area contributed by atoms with E-state index in [9.17, 15) is 0 Å². The maximum atomic E-state index is 5.45. The summed E-state index contributed by atoms with van der Waals surface area (Å²) in [6.45, 7) is 14.9. The maximum Gasteiger partial charge on any atom is 0.191 e. The number of aliphatic imine (C=N–C) groups is 1. The second-order valence-electron chi connectivity index (χ2n) is 6.47. The van der Waals surface area contributed by atoms with Crippen molar-refractivity contribution < 1.29 is 4.74 Å². The molecule has 23 heavy (non-hydrogen) atoms. The van der Waals surface area contributed by atoms with Crippen LogP contribution in [0.3, 0.4) is 0 Å². The van der Waals surface area contributed by atoms with E-state index in [1.807, 2.05) is 11.3 Å². The van der Waals surface area contributed by atoms with Crippen LogP contribution in [0.4, 0.5) is 0 Å². The van der Waals surface area contributed by atoms with Gasteiger partial charge in [0.15, 0.2) is 5.96 Å². The van der Waals surface area contributed by atoms with E-state index in [4.69, 9.17) is 9.73 Å². The van der Waals surface area contributed by atoms with Gasteiger partial charge < -0.3 is 15.4 Å². The Bertz CT molecular complexity index is 506. The van der Waals surface area contributed by atoms with Crippen molar-refractivity contribution in [3.05, 3.63) is 21.9 Å². The summed E-state index contributed by atoms with van der Waals surface area (Å²) in [4.78, 5) is 9.82. The SMILES string of the molecule is CCNC(=NCc1ccc(C)s1)NCC(C)(C)N1CCOCC1. The molecule has 1 saturated heterocycles. The van der Waals surface area contributed by atoms with Crippen LogP contribution in [0.25, 0.3) is 0 Å². The highest BCUT2D eigenvalue weighted by atomic mass is 32.1. The van der Waals surface area contributed by atoms with Crippen LogP contribution in [-0.2, 0) is 11.3 Å². The lowest BCUT2D eigenvalue weighted by Gasteiger charge is -2.41. The molecule has 1 fully saturated rings. The quantitative estimate of drug-likeness (QED) is 0.617. The first-order valence-corrected chi connectivity index (χ1v) is 9.23. The number of thiophene rings is 1. The number of hydrogen-bond donors (Lipinski definition) is 2. The molecule has 1 aliphatic rings. The van der Waals surface area contributed by atoms with Crippen molar-refractivity contribution in [3.63, 3.8) is 0 Å². The minimum absolute atomic E-state index is 0.0828. The number of guanidine groups is 1. The highest BCUT2D eigenvalue weighted by molar-refractivity contribution is 7.11. The highest BCUT2D eigenvalue weighted by Crippen LogP contribution is 2.16. The Morgan fingerprint density at radius 1 is 1.30 bits per heavy atom. The van der Waals surface area contributed by atoms with Crippen molar-refractivity contribution in [2.24, 2.45) is 4.99 Å². The van der Waals surface area contributed by atoms with Crippen LogP contribution >= 0.6 is 11.3 Å². The molecule has 0 saturated carbocycles. The fourth-order valence-electron chi connectivity index (χ4n) is 2.65. The van der Waals surface area contributed by atoms with Gasteiger partial charge in [-0.1, -0.05) is 0 Å². The maximum absolute atomic E-state index is 5.45. The summed E-state index contributed by atoms with van der Waals surface area (Å²) in [7, 11) is 0. The fourth-order valence-corrected chi connectivity index (χ4v) is 3.46. The molecule has 2 rings (SSSR count). The minimum Gasteiger partial charge on any atom is -0.379 e. The van der Waals surface area contributed by atoms with E-state index < -0.39 is 0 Å². The van der Waals surface area contributed by atoms with Crippen LogP contribution in [0.2, 0.25) is 0 Å². The summed E-state index contributed by atoms with van der Waals surface area (Å²) in [5, 5.41) is 6.83. The molecule has 1 aliphatic heterocycles. The molecule has 0 aromatic carbocycles. The summed E-state index contributed by atoms with van der Waals surface area (Å²) >= 11 is 1.81. The Kier molecular flexibility index (Phi) is 6.87. The van der Waals surface area contributed by atoms with Gasteiger partial charge in [-0.05, 0) is 39.8 Å². The zero-order valence-corrected chi connectivity index (χ0v) is 15.6. The topological polar surface area (TPSA) is 48.9 Å². The van der Waals surface area contributed by atoms with Gasteiger partial charge in [-0.3, -0.25) is 4.90 Å². The molecule has 5 nitrogen and oxygen atoms in total. The largest absolute Gasteiger partial charge is 0.379 e. The average Bonchev–Trinajstić information content (AvgIpc) is 2.96. The molecule has 0 atom stereocenters. The Morgan fingerprint density at radius 3 is 2.65 bits per heavy atom. The van der Waals surface area contributed by atoms with E-state index in [0.29, 0.717) is 0 Å². The third kappa shape index (κ3) is 5.79. The molecule has 0 aliphatic carbocycles. The summed E-state index contributed by atoms with van der Waals surface area (Å²) in [6.07, 6.45) is 0. The van der Waals surface area contributed by atoms with Gasteiger partial charge in [0, 0.05) is 41.5 Å². The van der Waals surface area contributed by atoms with Crippen LogP contribution < -0.4 is 10.6 Å². The Balaban J connectivity index is 1.90. The lowest BCUT2D eigenvalue weighted by atomic mass is 10.0. The van der Waals surface area contributed by atoms with Crippen molar-refractivity contribution >= 4 is 17.3 Å². The van der Waals surface area contributed by atoms with Crippen molar-refractivity contribution in [1.29, 1.82) is 0 Å². The highest BCUT2D eigenvalue weighted by Gasteiger charge is 2.28. The molecule has 0 unspecified atom stereocenters. The van der Waals surface area contributed by atoms with E-state index in [1.165, 1.54) is 9.75 Å². The van der Waals surface area contributed by atoms with Gasteiger partial charge in [-0.15, -0.1) is 11.3 Å². The van der Waals surface area contributed by atoms with Crippen LogP contribution in [0, 0.1) is 6.92 Å². The molecule has 1 aromatic heterocycles. The van der Waals surface area contributed by atoms with Crippen LogP contribution in [0.1, 0.15) is 30.5 Å². The number of rotatable bonds is 6. The fraction of sp³-hybridized carbons (Fsp3) is 0.706. The first kappa shape index (κ1) is 18.2. The van der Waals surface area contributed by atoms with E-state index in [1.54, 1.807) is 0 Å². The molecule has 130 valence electrons. The van der Waals surface area contributed by atoms with Gasteiger partial charge in [0.05, 0.1) is 19.8 Å². The molecule has 1 aromatic rings. The minimum atomic E-state index is 0.0828. The molecule has 2 N–H and O–H groups in total. The van der Waals surface area contributed by atoms with Gasteiger partial charge in [-0.2, -0.15) is 0 Å². The summed E-state index contributed by atoms with van der Waals surface area (Å²) in [5.41, 5.74) is 0.0828. The van der Waals surface area contributed by atoms with E-state index in [0.717, 1.165) is 51.9 Å². The van der Waals surface area contributed by atoms with E-state index in [-0.39, 0.29) is 5.54 Å². The number of nitrogens with zero attached hydrogens (tertiary/aromatic N) is 2. The summed E-state index contributed by atoms with van der Waals surface area (Å²) in [5.74, 6) is 0.889. The van der Waals surface area contributed by atoms with Gasteiger partial charge in [0.2, 0.25) is 0 Å². The van der Waals surface area contributed by atoms with Crippen molar-refractivity contribution in [2.45, 2.75) is 39.8 Å². The second-order valence-corrected chi connectivity index (χ2v) is 7.85. The molecule has 0 spiro atoms. The molecule has 2 heterocycles. The molecule has 0 bridgehead atoms. The average molecular weight is 339 g/mol. The molecule has 6 heteroatoms. The Morgan fingerprint density at radius 2 is 2.04 bits per heavy atom. The monoisotopic (exact) mass is 338 g/mol. The Hall–Kier alpha value is -1.11. The molecule has 0 radical (unpaired) electrons.